The zero-order valence-electron chi connectivity index (χ0n) is 11.6. The van der Waals surface area contributed by atoms with E-state index in [-0.39, 0.29) is 5.92 Å². The van der Waals surface area contributed by atoms with Crippen LogP contribution in [0.4, 0.5) is 0 Å². The maximum atomic E-state index is 6.04. The van der Waals surface area contributed by atoms with Crippen LogP contribution in [-0.4, -0.2) is 17.3 Å². The van der Waals surface area contributed by atoms with Gasteiger partial charge in [0, 0.05) is 23.3 Å². The molecule has 0 saturated heterocycles. The molecule has 0 aliphatic carbocycles. The van der Waals surface area contributed by atoms with Crippen molar-refractivity contribution in [3.8, 4) is 5.75 Å². The molecule has 0 spiro atoms. The molecule has 1 unspecified atom stereocenters. The first-order valence-corrected chi connectivity index (χ1v) is 7.64. The van der Waals surface area contributed by atoms with Gasteiger partial charge in [-0.1, -0.05) is 36.4 Å². The number of fused-ring (bicyclic) bond motifs is 1. The fraction of sp³-hybridized carbons (Fsp3) is 0.167. The highest BCUT2D eigenvalue weighted by Gasteiger charge is 2.11. The second-order valence-corrected chi connectivity index (χ2v) is 5.29. The van der Waals surface area contributed by atoms with Gasteiger partial charge in [0.2, 0.25) is 0 Å². The van der Waals surface area contributed by atoms with Crippen LogP contribution >= 0.6 is 12.6 Å². The van der Waals surface area contributed by atoms with Gasteiger partial charge in [-0.3, -0.25) is 4.98 Å². The Balaban J connectivity index is 1.79. The summed E-state index contributed by atoms with van der Waals surface area (Å²) in [4.78, 5) is 4.35. The number of ether oxygens (including phenoxy) is 1. The van der Waals surface area contributed by atoms with Crippen molar-refractivity contribution < 1.29 is 4.74 Å². The van der Waals surface area contributed by atoms with Crippen molar-refractivity contribution in [2.45, 2.75) is 5.92 Å². The van der Waals surface area contributed by atoms with Crippen LogP contribution in [0.25, 0.3) is 10.9 Å². The summed E-state index contributed by atoms with van der Waals surface area (Å²) in [6, 6.07) is 20.3. The lowest BCUT2D eigenvalue weighted by Crippen LogP contribution is -2.12. The molecule has 106 valence electrons. The number of hydrogen-bond donors (Lipinski definition) is 1. The molecule has 0 bridgehead atoms. The smallest absolute Gasteiger partial charge is 0.128 e. The maximum absolute atomic E-state index is 6.04. The molecule has 0 fully saturated rings. The molecule has 1 atom stereocenters. The summed E-state index contributed by atoms with van der Waals surface area (Å²) in [6.45, 7) is 0.613. The van der Waals surface area contributed by atoms with Gasteiger partial charge in [0.1, 0.15) is 5.75 Å². The minimum atomic E-state index is 0.279. The van der Waals surface area contributed by atoms with Gasteiger partial charge < -0.3 is 4.74 Å². The standard InChI is InChI=1S/C18H17NOS/c21-13-15(14-6-2-1-3-7-14)12-20-18-10-4-9-17-16(18)8-5-11-19-17/h1-11,15,21H,12-13H2. The van der Waals surface area contributed by atoms with Gasteiger partial charge in [-0.25, -0.2) is 0 Å². The summed E-state index contributed by atoms with van der Waals surface area (Å²) >= 11 is 4.45. The van der Waals surface area contributed by atoms with Crippen LogP contribution in [0.2, 0.25) is 0 Å². The highest BCUT2D eigenvalue weighted by atomic mass is 32.1. The molecular weight excluding hydrogens is 278 g/mol. The Morgan fingerprint density at radius 1 is 0.952 bits per heavy atom. The van der Waals surface area contributed by atoms with E-state index >= 15 is 0 Å². The molecule has 2 aromatic carbocycles. The Bertz CT molecular complexity index is 709. The third kappa shape index (κ3) is 3.19. The van der Waals surface area contributed by atoms with E-state index in [1.54, 1.807) is 6.20 Å². The fourth-order valence-corrected chi connectivity index (χ4v) is 2.69. The number of aromatic nitrogens is 1. The van der Waals surface area contributed by atoms with Gasteiger partial charge in [-0.15, -0.1) is 0 Å². The normalized spacial score (nSPS) is 12.2. The van der Waals surface area contributed by atoms with Crippen molar-refractivity contribution in [2.24, 2.45) is 0 Å². The molecule has 21 heavy (non-hydrogen) atoms. The zero-order valence-corrected chi connectivity index (χ0v) is 12.5. The molecular formula is C18H17NOS. The SMILES string of the molecule is SCC(COc1cccc2ncccc12)c1ccccc1. The van der Waals surface area contributed by atoms with Crippen LogP contribution in [0, 0.1) is 0 Å². The van der Waals surface area contributed by atoms with Gasteiger partial charge >= 0.3 is 0 Å². The Morgan fingerprint density at radius 2 is 1.81 bits per heavy atom. The zero-order chi connectivity index (χ0) is 14.5. The van der Waals surface area contributed by atoms with E-state index in [1.165, 1.54) is 5.56 Å². The molecule has 3 heteroatoms. The van der Waals surface area contributed by atoms with E-state index in [9.17, 15) is 0 Å². The van der Waals surface area contributed by atoms with Crippen molar-refractivity contribution in [3.05, 3.63) is 72.4 Å². The highest BCUT2D eigenvalue weighted by Crippen LogP contribution is 2.26. The molecule has 1 heterocycles. The lowest BCUT2D eigenvalue weighted by atomic mass is 10.0. The van der Waals surface area contributed by atoms with Crippen LogP contribution in [0.15, 0.2) is 66.9 Å². The molecule has 0 saturated carbocycles. The van der Waals surface area contributed by atoms with E-state index in [0.717, 1.165) is 22.4 Å². The lowest BCUT2D eigenvalue weighted by molar-refractivity contribution is 0.301. The first-order valence-electron chi connectivity index (χ1n) is 7.01. The topological polar surface area (TPSA) is 22.1 Å². The average molecular weight is 295 g/mol. The minimum absolute atomic E-state index is 0.279. The number of benzene rings is 2. The van der Waals surface area contributed by atoms with E-state index in [4.69, 9.17) is 4.74 Å². The van der Waals surface area contributed by atoms with Gasteiger partial charge in [0.05, 0.1) is 12.1 Å². The van der Waals surface area contributed by atoms with Crippen LogP contribution in [0.3, 0.4) is 0 Å². The molecule has 0 aliphatic heterocycles. The number of thiol groups is 1. The lowest BCUT2D eigenvalue weighted by Gasteiger charge is -2.17. The Labute approximate surface area is 130 Å². The Hall–Kier alpha value is -2.00. The fourth-order valence-electron chi connectivity index (χ4n) is 2.37. The van der Waals surface area contributed by atoms with Crippen LogP contribution in [0.5, 0.6) is 5.75 Å². The highest BCUT2D eigenvalue weighted by molar-refractivity contribution is 7.80. The number of rotatable bonds is 5. The summed E-state index contributed by atoms with van der Waals surface area (Å²) in [7, 11) is 0. The molecule has 3 rings (SSSR count). The number of hydrogen-bond acceptors (Lipinski definition) is 3. The Kier molecular flexibility index (Phi) is 4.41. The quantitative estimate of drug-likeness (QED) is 0.708. The summed E-state index contributed by atoms with van der Waals surface area (Å²) < 4.78 is 6.04. The largest absolute Gasteiger partial charge is 0.492 e. The van der Waals surface area contributed by atoms with Crippen molar-refractivity contribution in [1.29, 1.82) is 0 Å². The second kappa shape index (κ2) is 6.64. The van der Waals surface area contributed by atoms with Crippen molar-refractivity contribution >= 4 is 23.5 Å². The Morgan fingerprint density at radius 3 is 2.62 bits per heavy atom. The predicted octanol–water partition coefficient (Wildman–Crippen LogP) is 4.33. The maximum Gasteiger partial charge on any atom is 0.128 e. The summed E-state index contributed by atoms with van der Waals surface area (Å²) in [5, 5.41) is 1.05. The summed E-state index contributed by atoms with van der Waals surface area (Å²) in [5.41, 5.74) is 2.21. The minimum Gasteiger partial charge on any atom is -0.492 e. The first-order chi connectivity index (χ1) is 10.4. The third-order valence-corrected chi connectivity index (χ3v) is 3.98. The van der Waals surface area contributed by atoms with E-state index in [0.29, 0.717) is 6.61 Å². The monoisotopic (exact) mass is 295 g/mol. The molecule has 2 nitrogen and oxygen atoms in total. The molecule has 1 aromatic heterocycles. The molecule has 0 aliphatic rings. The van der Waals surface area contributed by atoms with Crippen molar-refractivity contribution in [3.63, 3.8) is 0 Å². The predicted molar refractivity (Wildman–Crippen MR) is 90.3 cm³/mol. The van der Waals surface area contributed by atoms with E-state index in [1.807, 2.05) is 48.5 Å². The molecule has 3 aromatic rings. The van der Waals surface area contributed by atoms with E-state index in [2.05, 4.69) is 29.7 Å². The van der Waals surface area contributed by atoms with Crippen molar-refractivity contribution in [1.82, 2.24) is 4.98 Å². The molecule has 0 radical (unpaired) electrons. The summed E-state index contributed by atoms with van der Waals surface area (Å²) in [6.07, 6.45) is 1.80. The first kappa shape index (κ1) is 14.0. The number of nitrogens with zero attached hydrogens (tertiary/aromatic N) is 1. The number of pyridine rings is 1. The second-order valence-electron chi connectivity index (χ2n) is 4.93. The van der Waals surface area contributed by atoms with Gasteiger partial charge in [-0.05, 0) is 29.8 Å². The van der Waals surface area contributed by atoms with Crippen LogP contribution in [0.1, 0.15) is 11.5 Å². The molecule has 0 amide bonds. The summed E-state index contributed by atoms with van der Waals surface area (Å²) in [5.74, 6) is 1.91. The van der Waals surface area contributed by atoms with E-state index < -0.39 is 0 Å². The van der Waals surface area contributed by atoms with Crippen LogP contribution < -0.4 is 4.74 Å². The van der Waals surface area contributed by atoms with Crippen LogP contribution in [-0.2, 0) is 0 Å². The van der Waals surface area contributed by atoms with Gasteiger partial charge in [-0.2, -0.15) is 12.6 Å². The molecule has 0 N–H and O–H groups in total. The van der Waals surface area contributed by atoms with Gasteiger partial charge in [0.25, 0.3) is 0 Å². The third-order valence-electron chi connectivity index (χ3n) is 3.54. The van der Waals surface area contributed by atoms with Gasteiger partial charge in [0.15, 0.2) is 0 Å². The van der Waals surface area contributed by atoms with Crippen molar-refractivity contribution in [2.75, 3.05) is 12.4 Å². The average Bonchev–Trinajstić information content (AvgIpc) is 2.56.